The minimum Gasteiger partial charge on any atom is -0.379 e. The van der Waals surface area contributed by atoms with Gasteiger partial charge in [-0.05, 0) is 44.0 Å². The van der Waals surface area contributed by atoms with Crippen LogP contribution in [0.4, 0.5) is 5.69 Å². The summed E-state index contributed by atoms with van der Waals surface area (Å²) in [5.41, 5.74) is 9.29. The van der Waals surface area contributed by atoms with Gasteiger partial charge in [-0.15, -0.1) is 0 Å². The summed E-state index contributed by atoms with van der Waals surface area (Å²) in [6.07, 6.45) is 2.53. The number of amidine groups is 1. The van der Waals surface area contributed by atoms with Crippen LogP contribution in [0.25, 0.3) is 0 Å². The van der Waals surface area contributed by atoms with E-state index in [9.17, 15) is 4.79 Å². The number of nitrogens with two attached hydrogens (primary N) is 1. The third-order valence-electron chi connectivity index (χ3n) is 5.08. The molecule has 8 heteroatoms. The van der Waals surface area contributed by atoms with Crippen LogP contribution in [0, 0.1) is 6.92 Å². The van der Waals surface area contributed by atoms with Gasteiger partial charge in [0.05, 0.1) is 17.9 Å². The average Bonchev–Trinajstić information content (AvgIpc) is 3.09. The molecule has 3 aromatic rings. The molecule has 1 aliphatic rings. The molecular formula is C22H24N6OS. The van der Waals surface area contributed by atoms with Gasteiger partial charge in [-0.2, -0.15) is 5.10 Å². The fourth-order valence-electron chi connectivity index (χ4n) is 3.47. The van der Waals surface area contributed by atoms with E-state index in [0.717, 1.165) is 29.1 Å². The van der Waals surface area contributed by atoms with Gasteiger partial charge in [0.2, 0.25) is 0 Å². The summed E-state index contributed by atoms with van der Waals surface area (Å²) in [4.78, 5) is 22.1. The summed E-state index contributed by atoms with van der Waals surface area (Å²) < 4.78 is 1.73. The standard InChI is InChI=1S/C22H24N6OS/c1-15-12-18(28(27-15)14-16-6-4-3-5-7-16)20(29)25-17-8-10-24-19(13-17)22(2)9-11-30-21(23)26-22/h3-8,10,12-13H,9,11,14H2,1-2H3,(H2,23,26)(H,24,25,29)/t22-/m0/s1. The van der Waals surface area contributed by atoms with Crippen LogP contribution in [0.15, 0.2) is 59.7 Å². The Morgan fingerprint density at radius 2 is 2.07 bits per heavy atom. The first kappa shape index (κ1) is 20.2. The molecule has 0 saturated heterocycles. The SMILES string of the molecule is Cc1cc(C(=O)Nc2ccnc([C@]3(C)CCSC(N)=N3)c2)n(Cc2ccccc2)n1. The Hall–Kier alpha value is -3.13. The number of aryl methyl sites for hydroxylation is 1. The van der Waals surface area contributed by atoms with E-state index in [1.807, 2.05) is 50.2 Å². The largest absolute Gasteiger partial charge is 0.379 e. The predicted octanol–water partition coefficient (Wildman–Crippen LogP) is 3.55. The highest BCUT2D eigenvalue weighted by Gasteiger charge is 2.31. The van der Waals surface area contributed by atoms with Crippen LogP contribution in [0.3, 0.4) is 0 Å². The van der Waals surface area contributed by atoms with Crippen molar-refractivity contribution in [3.8, 4) is 0 Å². The van der Waals surface area contributed by atoms with E-state index in [2.05, 4.69) is 20.4 Å². The normalized spacial score (nSPS) is 18.7. The maximum Gasteiger partial charge on any atom is 0.273 e. The fraction of sp³-hybridized carbons (Fsp3) is 0.273. The number of aliphatic imine (C=N–C) groups is 1. The lowest BCUT2D eigenvalue weighted by atomic mass is 9.94. The molecule has 154 valence electrons. The summed E-state index contributed by atoms with van der Waals surface area (Å²) in [6.45, 7) is 4.43. The Bertz CT molecular complexity index is 1090. The number of amides is 1. The number of aromatic nitrogens is 3. The van der Waals surface area contributed by atoms with Gasteiger partial charge in [0.25, 0.3) is 5.91 Å². The van der Waals surface area contributed by atoms with Gasteiger partial charge in [0, 0.05) is 17.6 Å². The minimum atomic E-state index is -0.484. The highest BCUT2D eigenvalue weighted by atomic mass is 32.2. The molecule has 3 N–H and O–H groups in total. The van der Waals surface area contributed by atoms with Gasteiger partial charge in [0.15, 0.2) is 5.17 Å². The zero-order chi connectivity index (χ0) is 21.1. The summed E-state index contributed by atoms with van der Waals surface area (Å²) in [5.74, 6) is 0.679. The summed E-state index contributed by atoms with van der Waals surface area (Å²) in [6, 6.07) is 15.4. The van der Waals surface area contributed by atoms with E-state index >= 15 is 0 Å². The van der Waals surface area contributed by atoms with E-state index in [0.29, 0.717) is 23.1 Å². The maximum absolute atomic E-state index is 13.0. The number of thioether (sulfide) groups is 1. The molecule has 2 aromatic heterocycles. The van der Waals surface area contributed by atoms with E-state index < -0.39 is 5.54 Å². The number of benzene rings is 1. The topological polar surface area (TPSA) is 98.2 Å². The lowest BCUT2D eigenvalue weighted by Gasteiger charge is -2.28. The predicted molar refractivity (Wildman–Crippen MR) is 121 cm³/mol. The van der Waals surface area contributed by atoms with Crippen LogP contribution in [0.5, 0.6) is 0 Å². The molecule has 7 nitrogen and oxygen atoms in total. The number of hydrogen-bond donors (Lipinski definition) is 2. The molecule has 1 aromatic carbocycles. The van der Waals surface area contributed by atoms with Crippen molar-refractivity contribution >= 4 is 28.5 Å². The lowest BCUT2D eigenvalue weighted by Crippen LogP contribution is -2.29. The Kier molecular flexibility index (Phi) is 5.59. The van der Waals surface area contributed by atoms with Crippen molar-refractivity contribution in [2.24, 2.45) is 10.7 Å². The first-order chi connectivity index (χ1) is 14.4. The van der Waals surface area contributed by atoms with Gasteiger partial charge in [-0.3, -0.25) is 14.5 Å². The zero-order valence-electron chi connectivity index (χ0n) is 17.0. The van der Waals surface area contributed by atoms with Gasteiger partial charge < -0.3 is 11.1 Å². The number of anilines is 1. The monoisotopic (exact) mass is 420 g/mol. The number of pyridine rings is 1. The van der Waals surface area contributed by atoms with Gasteiger partial charge in [-0.1, -0.05) is 42.1 Å². The van der Waals surface area contributed by atoms with Crippen LogP contribution in [-0.2, 0) is 12.1 Å². The van der Waals surface area contributed by atoms with Crippen molar-refractivity contribution in [3.05, 3.63) is 77.4 Å². The molecule has 4 rings (SSSR count). The Labute approximate surface area is 179 Å². The molecule has 0 saturated carbocycles. The van der Waals surface area contributed by atoms with Crippen LogP contribution < -0.4 is 11.1 Å². The fourth-order valence-corrected chi connectivity index (χ4v) is 4.45. The van der Waals surface area contributed by atoms with E-state index in [1.54, 1.807) is 34.8 Å². The molecule has 0 fully saturated rings. The second kappa shape index (κ2) is 8.31. The number of nitrogens with one attached hydrogen (secondary N) is 1. The Morgan fingerprint density at radius 1 is 1.27 bits per heavy atom. The number of carbonyl (C=O) groups excluding carboxylic acids is 1. The molecule has 0 unspecified atom stereocenters. The molecule has 0 radical (unpaired) electrons. The molecule has 1 amide bonds. The Morgan fingerprint density at radius 3 is 2.83 bits per heavy atom. The average molecular weight is 421 g/mol. The van der Waals surface area contributed by atoms with Crippen LogP contribution in [0.2, 0.25) is 0 Å². The van der Waals surface area contributed by atoms with E-state index in [1.165, 1.54) is 0 Å². The third-order valence-corrected chi connectivity index (χ3v) is 5.87. The quantitative estimate of drug-likeness (QED) is 0.658. The maximum atomic E-state index is 13.0. The minimum absolute atomic E-state index is 0.212. The van der Waals surface area contributed by atoms with Crippen molar-refractivity contribution in [1.29, 1.82) is 0 Å². The van der Waals surface area contributed by atoms with E-state index in [-0.39, 0.29) is 5.91 Å². The van der Waals surface area contributed by atoms with E-state index in [4.69, 9.17) is 5.73 Å². The van der Waals surface area contributed by atoms with Crippen LogP contribution in [-0.4, -0.2) is 31.6 Å². The first-order valence-corrected chi connectivity index (χ1v) is 10.8. The molecule has 0 spiro atoms. The number of nitrogens with zero attached hydrogens (tertiary/aromatic N) is 4. The van der Waals surface area contributed by atoms with Gasteiger partial charge in [-0.25, -0.2) is 4.99 Å². The third kappa shape index (κ3) is 4.38. The second-order valence-corrected chi connectivity index (χ2v) is 8.64. The van der Waals surface area contributed by atoms with Crippen molar-refractivity contribution < 1.29 is 4.79 Å². The second-order valence-electron chi connectivity index (χ2n) is 7.52. The number of hydrogen-bond acceptors (Lipinski definition) is 6. The van der Waals surface area contributed by atoms with Crippen molar-refractivity contribution in [2.75, 3.05) is 11.1 Å². The lowest BCUT2D eigenvalue weighted by molar-refractivity contribution is 0.101. The molecule has 30 heavy (non-hydrogen) atoms. The molecule has 1 aliphatic heterocycles. The van der Waals surface area contributed by atoms with Crippen molar-refractivity contribution in [3.63, 3.8) is 0 Å². The summed E-state index contributed by atoms with van der Waals surface area (Å²) in [7, 11) is 0. The molecular weight excluding hydrogens is 396 g/mol. The number of carbonyl (C=O) groups is 1. The number of rotatable bonds is 5. The highest BCUT2D eigenvalue weighted by Crippen LogP contribution is 2.34. The van der Waals surface area contributed by atoms with Crippen molar-refractivity contribution in [2.45, 2.75) is 32.4 Å². The smallest absolute Gasteiger partial charge is 0.273 e. The van der Waals surface area contributed by atoms with Gasteiger partial charge in [0.1, 0.15) is 11.2 Å². The van der Waals surface area contributed by atoms with Gasteiger partial charge >= 0.3 is 0 Å². The van der Waals surface area contributed by atoms with Crippen LogP contribution >= 0.6 is 11.8 Å². The molecule has 0 aliphatic carbocycles. The molecule has 1 atom stereocenters. The zero-order valence-corrected chi connectivity index (χ0v) is 17.8. The first-order valence-electron chi connectivity index (χ1n) is 9.77. The van der Waals surface area contributed by atoms with Crippen molar-refractivity contribution in [1.82, 2.24) is 14.8 Å². The summed E-state index contributed by atoms with van der Waals surface area (Å²) in [5, 5.41) is 8.04. The summed E-state index contributed by atoms with van der Waals surface area (Å²) >= 11 is 1.55. The molecule has 0 bridgehead atoms. The van der Waals surface area contributed by atoms with Crippen LogP contribution in [0.1, 0.15) is 40.8 Å². The molecule has 3 heterocycles. The highest BCUT2D eigenvalue weighted by molar-refractivity contribution is 8.13. The Balaban J connectivity index is 1.56.